The van der Waals surface area contributed by atoms with Crippen LogP contribution in [0.1, 0.15) is 23.8 Å². The SMILES string of the molecule is CC1CC(=O)Nc2ccccc2N1C(=O)CN(C)c1cnc(C(=O)O)cn1. The van der Waals surface area contributed by atoms with Gasteiger partial charge in [0.05, 0.1) is 30.3 Å². The van der Waals surface area contributed by atoms with E-state index in [9.17, 15) is 14.4 Å². The molecule has 0 saturated carbocycles. The summed E-state index contributed by atoms with van der Waals surface area (Å²) < 4.78 is 0. The molecule has 1 unspecified atom stereocenters. The fraction of sp³-hybridized carbons (Fsp3) is 0.278. The average Bonchev–Trinajstić information content (AvgIpc) is 2.75. The first-order valence-corrected chi connectivity index (χ1v) is 8.34. The third-order valence-electron chi connectivity index (χ3n) is 4.25. The number of amides is 2. The Balaban J connectivity index is 1.82. The molecule has 9 nitrogen and oxygen atoms in total. The van der Waals surface area contributed by atoms with E-state index in [0.29, 0.717) is 17.2 Å². The van der Waals surface area contributed by atoms with Crippen molar-refractivity contribution in [2.75, 3.05) is 28.7 Å². The molecule has 140 valence electrons. The Labute approximate surface area is 155 Å². The maximum absolute atomic E-state index is 13.0. The molecule has 0 saturated heterocycles. The number of nitrogens with one attached hydrogen (secondary N) is 1. The molecule has 1 aliphatic heterocycles. The maximum atomic E-state index is 13.0. The van der Waals surface area contributed by atoms with Crippen LogP contribution in [0.5, 0.6) is 0 Å². The van der Waals surface area contributed by atoms with E-state index in [1.165, 1.54) is 6.20 Å². The van der Waals surface area contributed by atoms with Gasteiger partial charge in [-0.25, -0.2) is 14.8 Å². The van der Waals surface area contributed by atoms with E-state index in [1.807, 2.05) is 13.0 Å². The number of fused-ring (bicyclic) bond motifs is 1. The number of para-hydroxylation sites is 2. The number of nitrogens with zero attached hydrogens (tertiary/aromatic N) is 4. The summed E-state index contributed by atoms with van der Waals surface area (Å²) in [5.41, 5.74) is 1.06. The number of carboxylic acid groups (broad SMARTS) is 1. The van der Waals surface area contributed by atoms with Crippen LogP contribution in [0, 0.1) is 0 Å². The highest BCUT2D eigenvalue weighted by Crippen LogP contribution is 2.31. The molecule has 0 aliphatic carbocycles. The lowest BCUT2D eigenvalue weighted by Crippen LogP contribution is -2.44. The Kier molecular flexibility index (Phi) is 5.02. The molecule has 0 fully saturated rings. The van der Waals surface area contributed by atoms with Crippen LogP contribution in [0.4, 0.5) is 17.2 Å². The van der Waals surface area contributed by atoms with Crippen molar-refractivity contribution in [3.63, 3.8) is 0 Å². The lowest BCUT2D eigenvalue weighted by Gasteiger charge is -2.30. The highest BCUT2D eigenvalue weighted by atomic mass is 16.4. The third kappa shape index (κ3) is 3.86. The summed E-state index contributed by atoms with van der Waals surface area (Å²) in [5, 5.41) is 11.7. The largest absolute Gasteiger partial charge is 0.476 e. The molecule has 2 amide bonds. The summed E-state index contributed by atoms with van der Waals surface area (Å²) in [6, 6.07) is 6.84. The van der Waals surface area contributed by atoms with E-state index in [1.54, 1.807) is 35.0 Å². The highest BCUT2D eigenvalue weighted by Gasteiger charge is 2.30. The number of hydrogen-bond donors (Lipinski definition) is 2. The van der Waals surface area contributed by atoms with Gasteiger partial charge in [-0.1, -0.05) is 12.1 Å². The molecule has 27 heavy (non-hydrogen) atoms. The molecule has 1 atom stereocenters. The first-order valence-electron chi connectivity index (χ1n) is 8.34. The monoisotopic (exact) mass is 369 g/mol. The van der Waals surface area contributed by atoms with Crippen molar-refractivity contribution in [1.82, 2.24) is 9.97 Å². The van der Waals surface area contributed by atoms with Crippen LogP contribution < -0.4 is 15.1 Å². The molecule has 0 radical (unpaired) electrons. The van der Waals surface area contributed by atoms with Gasteiger partial charge < -0.3 is 20.2 Å². The fourth-order valence-electron chi connectivity index (χ4n) is 2.96. The number of carbonyl (C=O) groups excluding carboxylic acids is 2. The minimum absolute atomic E-state index is 0.00599. The van der Waals surface area contributed by atoms with Gasteiger partial charge in [0, 0.05) is 19.5 Å². The van der Waals surface area contributed by atoms with Crippen LogP contribution in [0.25, 0.3) is 0 Å². The van der Waals surface area contributed by atoms with Gasteiger partial charge in [-0.2, -0.15) is 0 Å². The van der Waals surface area contributed by atoms with Crippen molar-refractivity contribution in [3.8, 4) is 0 Å². The molecule has 0 spiro atoms. The first kappa shape index (κ1) is 18.3. The number of likely N-dealkylation sites (N-methyl/N-ethyl adjacent to an activating group) is 1. The molecule has 9 heteroatoms. The minimum atomic E-state index is -1.17. The summed E-state index contributed by atoms with van der Waals surface area (Å²) in [6.07, 6.45) is 2.64. The van der Waals surface area contributed by atoms with Crippen molar-refractivity contribution in [1.29, 1.82) is 0 Å². The molecular weight excluding hydrogens is 350 g/mol. The number of rotatable bonds is 4. The van der Waals surface area contributed by atoms with Gasteiger partial charge in [-0.05, 0) is 19.1 Å². The zero-order valence-corrected chi connectivity index (χ0v) is 14.9. The number of carboxylic acids is 1. The predicted molar refractivity (Wildman–Crippen MR) is 98.9 cm³/mol. The Morgan fingerprint density at radius 1 is 1.30 bits per heavy atom. The number of carbonyl (C=O) groups is 3. The molecule has 0 bridgehead atoms. The average molecular weight is 369 g/mol. The van der Waals surface area contributed by atoms with E-state index < -0.39 is 5.97 Å². The second-order valence-corrected chi connectivity index (χ2v) is 6.30. The van der Waals surface area contributed by atoms with Crippen molar-refractivity contribution in [2.24, 2.45) is 0 Å². The van der Waals surface area contributed by atoms with Crippen molar-refractivity contribution >= 4 is 35.0 Å². The quantitative estimate of drug-likeness (QED) is 0.836. The number of aromatic nitrogens is 2. The Morgan fingerprint density at radius 3 is 2.70 bits per heavy atom. The van der Waals surface area contributed by atoms with Gasteiger partial charge in [0.25, 0.3) is 0 Å². The lowest BCUT2D eigenvalue weighted by molar-refractivity contribution is -0.118. The smallest absolute Gasteiger partial charge is 0.356 e. The molecule has 1 aliphatic rings. The number of aromatic carboxylic acids is 1. The highest BCUT2D eigenvalue weighted by molar-refractivity contribution is 6.05. The van der Waals surface area contributed by atoms with E-state index in [2.05, 4.69) is 15.3 Å². The van der Waals surface area contributed by atoms with Gasteiger partial charge in [-0.3, -0.25) is 9.59 Å². The summed E-state index contributed by atoms with van der Waals surface area (Å²) >= 11 is 0. The fourth-order valence-corrected chi connectivity index (χ4v) is 2.96. The zero-order valence-electron chi connectivity index (χ0n) is 14.9. The van der Waals surface area contributed by atoms with Crippen LogP contribution >= 0.6 is 0 Å². The molecule has 2 aromatic rings. The summed E-state index contributed by atoms with van der Waals surface area (Å²) in [7, 11) is 1.67. The predicted octanol–water partition coefficient (Wildman–Crippen LogP) is 1.37. The number of anilines is 3. The van der Waals surface area contributed by atoms with E-state index in [0.717, 1.165) is 6.20 Å². The van der Waals surface area contributed by atoms with E-state index >= 15 is 0 Å². The molecule has 1 aromatic carbocycles. The standard InChI is InChI=1S/C18H19N5O4/c1-11-7-16(24)21-12-5-3-4-6-14(12)23(11)17(25)10-22(2)15-9-19-13(8-20-15)18(26)27/h3-6,8-9,11H,7,10H2,1-2H3,(H,21,24)(H,26,27). The van der Waals surface area contributed by atoms with Gasteiger partial charge in [0.1, 0.15) is 5.82 Å². The maximum Gasteiger partial charge on any atom is 0.356 e. The van der Waals surface area contributed by atoms with Gasteiger partial charge in [-0.15, -0.1) is 0 Å². The second kappa shape index (κ2) is 7.40. The summed E-state index contributed by atoms with van der Waals surface area (Å²) in [5.74, 6) is -1.15. The van der Waals surface area contributed by atoms with Gasteiger partial charge in [0.15, 0.2) is 5.69 Å². The van der Waals surface area contributed by atoms with Crippen molar-refractivity contribution in [2.45, 2.75) is 19.4 Å². The Bertz CT molecular complexity index is 884. The zero-order chi connectivity index (χ0) is 19.6. The van der Waals surface area contributed by atoms with E-state index in [4.69, 9.17) is 5.11 Å². The Hall–Kier alpha value is -3.49. The molecule has 2 N–H and O–H groups in total. The topological polar surface area (TPSA) is 116 Å². The van der Waals surface area contributed by atoms with Crippen molar-refractivity contribution in [3.05, 3.63) is 42.4 Å². The number of benzene rings is 1. The van der Waals surface area contributed by atoms with Crippen LogP contribution in [-0.4, -0.2) is 52.5 Å². The van der Waals surface area contributed by atoms with Gasteiger partial charge >= 0.3 is 5.97 Å². The number of hydrogen-bond acceptors (Lipinski definition) is 6. The summed E-state index contributed by atoms with van der Waals surface area (Å²) in [4.78, 5) is 46.9. The first-order chi connectivity index (χ1) is 12.9. The van der Waals surface area contributed by atoms with Crippen LogP contribution in [0.3, 0.4) is 0 Å². The van der Waals surface area contributed by atoms with Crippen LogP contribution in [0.15, 0.2) is 36.7 Å². The van der Waals surface area contributed by atoms with Crippen LogP contribution in [0.2, 0.25) is 0 Å². The van der Waals surface area contributed by atoms with Gasteiger partial charge in [0.2, 0.25) is 11.8 Å². The van der Waals surface area contributed by atoms with Crippen LogP contribution in [-0.2, 0) is 9.59 Å². The summed E-state index contributed by atoms with van der Waals surface area (Å²) in [6.45, 7) is 1.81. The van der Waals surface area contributed by atoms with Crippen molar-refractivity contribution < 1.29 is 19.5 Å². The third-order valence-corrected chi connectivity index (χ3v) is 4.25. The lowest BCUT2D eigenvalue weighted by atomic mass is 10.1. The normalized spacial score (nSPS) is 16.1. The molecule has 2 heterocycles. The molecule has 3 rings (SSSR count). The Morgan fingerprint density at radius 2 is 2.04 bits per heavy atom. The minimum Gasteiger partial charge on any atom is -0.476 e. The molecule has 1 aromatic heterocycles. The molecular formula is C18H19N5O4. The van der Waals surface area contributed by atoms with E-state index in [-0.39, 0.29) is 36.5 Å². The second-order valence-electron chi connectivity index (χ2n) is 6.30.